The van der Waals surface area contributed by atoms with Crippen LogP contribution in [0.25, 0.3) is 43.9 Å². The van der Waals surface area contributed by atoms with E-state index in [9.17, 15) is 0 Å². The highest BCUT2D eigenvalue weighted by Gasteiger charge is 2.13. The van der Waals surface area contributed by atoms with E-state index in [1.807, 2.05) is 0 Å². The Kier molecular flexibility index (Phi) is 2.78. The van der Waals surface area contributed by atoms with Crippen LogP contribution >= 0.6 is 0 Å². The molecule has 0 spiro atoms. The van der Waals surface area contributed by atoms with Gasteiger partial charge in [0.15, 0.2) is 0 Å². The van der Waals surface area contributed by atoms with Crippen molar-refractivity contribution >= 4 is 43.9 Å². The van der Waals surface area contributed by atoms with Gasteiger partial charge in [-0.3, -0.25) is 0 Å². The van der Waals surface area contributed by atoms with Gasteiger partial charge in [0.25, 0.3) is 0 Å². The molecule has 0 aliphatic rings. The first kappa shape index (κ1) is 13.7. The number of hydrogen-bond donors (Lipinski definition) is 0. The van der Waals surface area contributed by atoms with Gasteiger partial charge in [0, 0.05) is 21.5 Å². The first-order valence-electron chi connectivity index (χ1n) is 8.57. The fourth-order valence-electron chi connectivity index (χ4n) is 3.58. The Morgan fingerprint density at radius 2 is 0.958 bits per heavy atom. The van der Waals surface area contributed by atoms with Crippen molar-refractivity contribution in [1.82, 2.24) is 0 Å². The van der Waals surface area contributed by atoms with Crippen LogP contribution in [0.15, 0.2) is 57.4 Å². The zero-order valence-electron chi connectivity index (χ0n) is 13.8. The Bertz CT molecular complexity index is 1120. The molecule has 5 rings (SSSR count). The number of benzene rings is 3. The van der Waals surface area contributed by atoms with Gasteiger partial charge in [0.2, 0.25) is 0 Å². The molecule has 0 aliphatic carbocycles. The summed E-state index contributed by atoms with van der Waals surface area (Å²) in [7, 11) is 0. The third-order valence-corrected chi connectivity index (χ3v) is 5.01. The molecule has 118 valence electrons. The lowest BCUT2D eigenvalue weighted by atomic mass is 10.0. The molecular weight excluding hydrogens is 296 g/mol. The van der Waals surface area contributed by atoms with Crippen LogP contribution in [0.3, 0.4) is 0 Å². The van der Waals surface area contributed by atoms with Gasteiger partial charge in [-0.1, -0.05) is 26.0 Å². The molecule has 2 aromatic heterocycles. The topological polar surface area (TPSA) is 26.3 Å². The number of fused-ring (bicyclic) bond motifs is 6. The van der Waals surface area contributed by atoms with Crippen LogP contribution in [0, 0.1) is 0 Å². The van der Waals surface area contributed by atoms with Crippen molar-refractivity contribution in [2.75, 3.05) is 0 Å². The van der Waals surface area contributed by atoms with Crippen molar-refractivity contribution in [3.05, 3.63) is 59.7 Å². The first-order valence-corrected chi connectivity index (χ1v) is 8.57. The maximum atomic E-state index is 6.09. The van der Waals surface area contributed by atoms with Crippen molar-refractivity contribution in [2.45, 2.75) is 26.7 Å². The quantitative estimate of drug-likeness (QED) is 0.366. The van der Waals surface area contributed by atoms with E-state index in [4.69, 9.17) is 8.83 Å². The fourth-order valence-corrected chi connectivity index (χ4v) is 3.58. The van der Waals surface area contributed by atoms with Crippen molar-refractivity contribution in [3.8, 4) is 0 Å². The van der Waals surface area contributed by atoms with Gasteiger partial charge in [-0.15, -0.1) is 0 Å². The Morgan fingerprint density at radius 3 is 1.38 bits per heavy atom. The number of furan rings is 2. The predicted octanol–water partition coefficient (Wildman–Crippen LogP) is 6.61. The molecule has 0 bridgehead atoms. The van der Waals surface area contributed by atoms with Gasteiger partial charge in [0.1, 0.15) is 22.3 Å². The van der Waals surface area contributed by atoms with Crippen molar-refractivity contribution < 1.29 is 8.83 Å². The molecule has 5 aromatic rings. The summed E-state index contributed by atoms with van der Waals surface area (Å²) in [4.78, 5) is 0. The van der Waals surface area contributed by atoms with Gasteiger partial charge in [-0.05, 0) is 60.4 Å². The SMILES string of the molecule is CCc1ccc2oc3cc4c(cc3c2c1)oc1ccc(CC)cc14. The summed E-state index contributed by atoms with van der Waals surface area (Å²) in [5.74, 6) is 0. The van der Waals surface area contributed by atoms with Crippen LogP contribution in [-0.4, -0.2) is 0 Å². The number of hydrogen-bond acceptors (Lipinski definition) is 2. The summed E-state index contributed by atoms with van der Waals surface area (Å²) in [6, 6.07) is 17.1. The molecule has 0 aliphatic heterocycles. The van der Waals surface area contributed by atoms with Gasteiger partial charge in [-0.25, -0.2) is 0 Å². The molecule has 0 saturated carbocycles. The molecule has 2 nitrogen and oxygen atoms in total. The van der Waals surface area contributed by atoms with Crippen LogP contribution in [0.5, 0.6) is 0 Å². The van der Waals surface area contributed by atoms with E-state index in [0.717, 1.165) is 45.9 Å². The third kappa shape index (κ3) is 1.83. The largest absolute Gasteiger partial charge is 0.456 e. The van der Waals surface area contributed by atoms with Crippen molar-refractivity contribution in [3.63, 3.8) is 0 Å². The third-order valence-electron chi connectivity index (χ3n) is 5.01. The minimum atomic E-state index is 0.926. The Labute approximate surface area is 139 Å². The molecule has 0 atom stereocenters. The van der Waals surface area contributed by atoms with Crippen molar-refractivity contribution in [1.29, 1.82) is 0 Å². The van der Waals surface area contributed by atoms with E-state index in [0.29, 0.717) is 0 Å². The van der Waals surface area contributed by atoms with E-state index in [-0.39, 0.29) is 0 Å². The molecule has 0 fully saturated rings. The first-order chi connectivity index (χ1) is 11.8. The van der Waals surface area contributed by atoms with Gasteiger partial charge in [-0.2, -0.15) is 0 Å². The monoisotopic (exact) mass is 314 g/mol. The molecule has 0 amide bonds. The van der Waals surface area contributed by atoms with E-state index in [2.05, 4.69) is 62.4 Å². The smallest absolute Gasteiger partial charge is 0.136 e. The zero-order chi connectivity index (χ0) is 16.3. The van der Waals surface area contributed by atoms with Crippen LogP contribution in [0.1, 0.15) is 25.0 Å². The van der Waals surface area contributed by atoms with Crippen LogP contribution in [0.2, 0.25) is 0 Å². The van der Waals surface area contributed by atoms with Crippen molar-refractivity contribution in [2.24, 2.45) is 0 Å². The normalized spacial score (nSPS) is 12.1. The van der Waals surface area contributed by atoms with Crippen LogP contribution < -0.4 is 0 Å². The average Bonchev–Trinajstić information content (AvgIpc) is 3.15. The molecule has 0 unspecified atom stereocenters. The molecule has 0 N–H and O–H groups in total. The van der Waals surface area contributed by atoms with Gasteiger partial charge in [0.05, 0.1) is 0 Å². The highest BCUT2D eigenvalue weighted by molar-refractivity contribution is 6.14. The maximum Gasteiger partial charge on any atom is 0.136 e. The highest BCUT2D eigenvalue weighted by Crippen LogP contribution is 2.37. The minimum absolute atomic E-state index is 0.926. The second-order valence-electron chi connectivity index (χ2n) is 6.42. The van der Waals surface area contributed by atoms with Crippen LogP contribution in [0.4, 0.5) is 0 Å². The number of aryl methyl sites for hydroxylation is 2. The van der Waals surface area contributed by atoms with E-state index in [1.54, 1.807) is 0 Å². The molecule has 2 heteroatoms. The Morgan fingerprint density at radius 1 is 0.542 bits per heavy atom. The summed E-state index contributed by atoms with van der Waals surface area (Å²) in [6.07, 6.45) is 2.05. The fraction of sp³-hybridized carbons (Fsp3) is 0.182. The maximum absolute atomic E-state index is 6.09. The second-order valence-corrected chi connectivity index (χ2v) is 6.42. The summed E-state index contributed by atoms with van der Waals surface area (Å²) >= 11 is 0. The lowest BCUT2D eigenvalue weighted by Crippen LogP contribution is -1.78. The molecule has 24 heavy (non-hydrogen) atoms. The second kappa shape index (κ2) is 4.88. The van der Waals surface area contributed by atoms with Gasteiger partial charge >= 0.3 is 0 Å². The number of rotatable bonds is 2. The van der Waals surface area contributed by atoms with E-state index >= 15 is 0 Å². The Hall–Kier alpha value is -2.74. The predicted molar refractivity (Wildman–Crippen MR) is 99.8 cm³/mol. The lowest BCUT2D eigenvalue weighted by molar-refractivity contribution is 0.664. The van der Waals surface area contributed by atoms with E-state index < -0.39 is 0 Å². The lowest BCUT2D eigenvalue weighted by Gasteiger charge is -1.96. The molecule has 0 saturated heterocycles. The molecular formula is C22H18O2. The summed E-state index contributed by atoms with van der Waals surface area (Å²) in [5, 5.41) is 4.59. The molecule has 3 aromatic carbocycles. The Balaban J connectivity index is 1.89. The standard InChI is InChI=1S/C22H18O2/c1-3-13-5-7-19-15(9-13)17-11-22-18(12-21(17)23-19)16-10-14(4-2)6-8-20(16)24-22/h5-12H,3-4H2,1-2H3. The highest BCUT2D eigenvalue weighted by atomic mass is 16.3. The summed E-state index contributed by atoms with van der Waals surface area (Å²) in [5.41, 5.74) is 6.37. The summed E-state index contributed by atoms with van der Waals surface area (Å²) < 4.78 is 12.2. The molecule has 0 radical (unpaired) electrons. The van der Waals surface area contributed by atoms with Crippen LogP contribution in [-0.2, 0) is 12.8 Å². The molecule has 2 heterocycles. The zero-order valence-corrected chi connectivity index (χ0v) is 13.8. The minimum Gasteiger partial charge on any atom is -0.456 e. The average molecular weight is 314 g/mol. The summed E-state index contributed by atoms with van der Waals surface area (Å²) in [6.45, 7) is 4.35. The van der Waals surface area contributed by atoms with Gasteiger partial charge < -0.3 is 8.83 Å². The van der Waals surface area contributed by atoms with E-state index in [1.165, 1.54) is 21.9 Å².